The Morgan fingerprint density at radius 1 is 0.833 bits per heavy atom. The van der Waals surface area contributed by atoms with Gasteiger partial charge in [-0.15, -0.1) is 0 Å². The second kappa shape index (κ2) is 9.01. The molecule has 3 aromatic carbocycles. The predicted octanol–water partition coefficient (Wildman–Crippen LogP) is 3.63. The first-order valence-corrected chi connectivity index (χ1v) is 13.6. The number of ketones is 2. The Bertz CT molecular complexity index is 1770. The average molecular weight is 569 g/mol. The molecule has 9 nitrogen and oxygen atoms in total. The second-order valence-corrected chi connectivity index (χ2v) is 11.2. The molecule has 2 N–H and O–H groups in total. The molecule has 3 aromatic rings. The molecule has 0 saturated carbocycles. The third-order valence-corrected chi connectivity index (χ3v) is 9.27. The number of ether oxygens (including phenoxy) is 4. The fourth-order valence-corrected chi connectivity index (χ4v) is 7.58. The van der Waals surface area contributed by atoms with Crippen LogP contribution in [0.15, 0.2) is 48.6 Å². The first-order chi connectivity index (χ1) is 20.2. The van der Waals surface area contributed by atoms with Gasteiger partial charge in [0.05, 0.1) is 44.0 Å². The van der Waals surface area contributed by atoms with E-state index in [4.69, 9.17) is 18.9 Å². The molecule has 42 heavy (non-hydrogen) atoms. The van der Waals surface area contributed by atoms with Gasteiger partial charge in [0, 0.05) is 17.0 Å². The van der Waals surface area contributed by atoms with Gasteiger partial charge in [0.2, 0.25) is 5.78 Å². The van der Waals surface area contributed by atoms with E-state index in [9.17, 15) is 24.6 Å². The first-order valence-electron chi connectivity index (χ1n) is 13.6. The molecule has 1 spiro atoms. The minimum Gasteiger partial charge on any atom is -0.496 e. The first kappa shape index (κ1) is 26.4. The zero-order valence-corrected chi connectivity index (χ0v) is 23.4. The summed E-state index contributed by atoms with van der Waals surface area (Å²) in [6.07, 6.45) is -0.298. The van der Waals surface area contributed by atoms with E-state index < -0.39 is 41.4 Å². The van der Waals surface area contributed by atoms with Crippen LogP contribution in [0, 0.1) is 12.3 Å². The van der Waals surface area contributed by atoms with Crippen molar-refractivity contribution in [3.63, 3.8) is 0 Å². The van der Waals surface area contributed by atoms with Crippen molar-refractivity contribution in [3.8, 4) is 17.2 Å². The highest BCUT2D eigenvalue weighted by Crippen LogP contribution is 2.63. The summed E-state index contributed by atoms with van der Waals surface area (Å²) in [4.78, 5) is 41.9. The van der Waals surface area contributed by atoms with Gasteiger partial charge >= 0.3 is 5.97 Å². The molecule has 4 aliphatic rings. The molecule has 0 aromatic heterocycles. The number of rotatable bonds is 3. The Hall–Kier alpha value is -4.47. The Kier molecular flexibility index (Phi) is 5.67. The van der Waals surface area contributed by atoms with Gasteiger partial charge in [-0.05, 0) is 53.8 Å². The van der Waals surface area contributed by atoms with Crippen LogP contribution in [0.1, 0.15) is 76.5 Å². The standard InChI is InChI=1S/C33H28O9/c1-14-10-17-25(21(11-14)40-3)32(38)42-31-19(34)9-8-18-23-15(13-33(18,31)30(17)37)12-22(41-4)26-27(23)28(35)16-6-5-7-20(39-2)24(16)29(26)36/h5-12,18-19,30-31,34,37H,13H2,1-4H3. The van der Waals surface area contributed by atoms with E-state index in [1.165, 1.54) is 27.4 Å². The number of carbonyl (C=O) groups is 3. The molecule has 0 amide bonds. The van der Waals surface area contributed by atoms with E-state index in [0.29, 0.717) is 16.7 Å². The van der Waals surface area contributed by atoms with E-state index in [1.807, 2.05) is 6.92 Å². The monoisotopic (exact) mass is 568 g/mol. The Labute approximate surface area is 241 Å². The molecule has 3 aliphatic carbocycles. The van der Waals surface area contributed by atoms with Crippen molar-refractivity contribution in [1.82, 2.24) is 0 Å². The van der Waals surface area contributed by atoms with Crippen LogP contribution in [0.4, 0.5) is 0 Å². The Morgan fingerprint density at radius 2 is 1.55 bits per heavy atom. The van der Waals surface area contributed by atoms with Gasteiger partial charge < -0.3 is 29.2 Å². The number of aryl methyl sites for hydroxylation is 1. The van der Waals surface area contributed by atoms with Crippen LogP contribution >= 0.6 is 0 Å². The van der Waals surface area contributed by atoms with Crippen LogP contribution in [-0.2, 0) is 11.2 Å². The molecule has 1 aliphatic heterocycles. The number of aliphatic hydroxyl groups is 2. The third kappa shape index (κ3) is 3.17. The van der Waals surface area contributed by atoms with Crippen molar-refractivity contribution < 1.29 is 43.5 Å². The van der Waals surface area contributed by atoms with Gasteiger partial charge in [0.15, 0.2) is 5.78 Å². The fourth-order valence-electron chi connectivity index (χ4n) is 7.58. The molecule has 0 bridgehead atoms. The summed E-state index contributed by atoms with van der Waals surface area (Å²) in [7, 11) is 4.30. The molecular formula is C33H28O9. The van der Waals surface area contributed by atoms with Crippen LogP contribution in [0.5, 0.6) is 17.2 Å². The summed E-state index contributed by atoms with van der Waals surface area (Å²) in [5.41, 5.74) is 1.74. The van der Waals surface area contributed by atoms with Crippen molar-refractivity contribution in [3.05, 3.63) is 98.6 Å². The minimum absolute atomic E-state index is 0.0909. The van der Waals surface area contributed by atoms with Crippen molar-refractivity contribution in [1.29, 1.82) is 0 Å². The summed E-state index contributed by atoms with van der Waals surface area (Å²) in [6.45, 7) is 1.83. The van der Waals surface area contributed by atoms with Gasteiger partial charge in [0.25, 0.3) is 0 Å². The number of esters is 1. The lowest BCUT2D eigenvalue weighted by Crippen LogP contribution is -2.52. The molecule has 5 atom stereocenters. The number of allylic oxidation sites excluding steroid dienone is 1. The Morgan fingerprint density at radius 3 is 2.26 bits per heavy atom. The number of aliphatic hydroxyl groups excluding tert-OH is 2. The summed E-state index contributed by atoms with van der Waals surface area (Å²) in [5, 5.41) is 23.5. The van der Waals surface area contributed by atoms with E-state index in [1.54, 1.807) is 42.5 Å². The lowest BCUT2D eigenvalue weighted by molar-refractivity contribution is -0.119. The van der Waals surface area contributed by atoms with Crippen LogP contribution < -0.4 is 14.2 Å². The van der Waals surface area contributed by atoms with E-state index in [-0.39, 0.29) is 57.3 Å². The highest BCUT2D eigenvalue weighted by molar-refractivity contribution is 6.31. The van der Waals surface area contributed by atoms with Gasteiger partial charge in [-0.1, -0.05) is 30.4 Å². The van der Waals surface area contributed by atoms with E-state index in [2.05, 4.69) is 0 Å². The summed E-state index contributed by atoms with van der Waals surface area (Å²) in [5.74, 6) is -1.45. The molecular weight excluding hydrogens is 540 g/mol. The predicted molar refractivity (Wildman–Crippen MR) is 149 cm³/mol. The zero-order valence-electron chi connectivity index (χ0n) is 23.4. The molecule has 7 rings (SSSR count). The number of hydrogen-bond donors (Lipinski definition) is 2. The Balaban J connectivity index is 1.51. The fraction of sp³-hybridized carbons (Fsp3) is 0.303. The number of hydrogen-bond acceptors (Lipinski definition) is 9. The second-order valence-electron chi connectivity index (χ2n) is 11.2. The number of methoxy groups -OCH3 is 3. The SMILES string of the molecule is COc1cccc2c1C(=O)c1c(OC)cc3c(c1C2=O)C1C=CC(O)C2OC(=O)c4c(OC)cc(C)cc4C(O)C12C3. The number of fused-ring (bicyclic) bond motifs is 6. The molecule has 9 heteroatoms. The molecule has 0 fully saturated rings. The number of benzene rings is 3. The van der Waals surface area contributed by atoms with Gasteiger partial charge in [0.1, 0.15) is 35.0 Å². The molecule has 0 radical (unpaired) electrons. The molecule has 5 unspecified atom stereocenters. The van der Waals surface area contributed by atoms with Gasteiger partial charge in [-0.25, -0.2) is 4.79 Å². The lowest BCUT2D eigenvalue weighted by atomic mass is 9.61. The van der Waals surface area contributed by atoms with Crippen molar-refractivity contribution in [2.45, 2.75) is 37.6 Å². The summed E-state index contributed by atoms with van der Waals surface area (Å²) >= 11 is 0. The van der Waals surface area contributed by atoms with E-state index in [0.717, 1.165) is 5.56 Å². The quantitative estimate of drug-likeness (QED) is 0.281. The maximum Gasteiger partial charge on any atom is 0.342 e. The van der Waals surface area contributed by atoms with Crippen molar-refractivity contribution in [2.24, 2.45) is 5.41 Å². The molecule has 0 saturated heterocycles. The highest BCUT2D eigenvalue weighted by Gasteiger charge is 2.63. The molecule has 214 valence electrons. The minimum atomic E-state index is -1.31. The smallest absolute Gasteiger partial charge is 0.342 e. The zero-order chi connectivity index (χ0) is 29.7. The van der Waals surface area contributed by atoms with Crippen LogP contribution in [0.3, 0.4) is 0 Å². The highest BCUT2D eigenvalue weighted by atomic mass is 16.6. The third-order valence-electron chi connectivity index (χ3n) is 9.27. The maximum absolute atomic E-state index is 14.3. The normalized spacial score (nSPS) is 26.6. The van der Waals surface area contributed by atoms with Gasteiger partial charge in [-0.2, -0.15) is 0 Å². The van der Waals surface area contributed by atoms with E-state index >= 15 is 0 Å². The summed E-state index contributed by atoms with van der Waals surface area (Å²) in [6, 6.07) is 9.99. The lowest BCUT2D eigenvalue weighted by Gasteiger charge is -2.46. The van der Waals surface area contributed by atoms with Crippen LogP contribution in [-0.4, -0.2) is 61.3 Å². The maximum atomic E-state index is 14.3. The van der Waals surface area contributed by atoms with Crippen molar-refractivity contribution in [2.75, 3.05) is 21.3 Å². The van der Waals surface area contributed by atoms with Crippen LogP contribution in [0.2, 0.25) is 0 Å². The topological polar surface area (TPSA) is 129 Å². The largest absolute Gasteiger partial charge is 0.496 e. The molecule has 1 heterocycles. The van der Waals surface area contributed by atoms with Gasteiger partial charge in [-0.3, -0.25) is 9.59 Å². The number of carbonyl (C=O) groups excluding carboxylic acids is 3. The van der Waals surface area contributed by atoms with Crippen LogP contribution in [0.25, 0.3) is 0 Å². The van der Waals surface area contributed by atoms with Crippen molar-refractivity contribution >= 4 is 17.5 Å². The summed E-state index contributed by atoms with van der Waals surface area (Å²) < 4.78 is 22.6. The average Bonchev–Trinajstić information content (AvgIpc) is 3.29.